The van der Waals surface area contributed by atoms with Gasteiger partial charge in [0, 0.05) is 29.8 Å². The van der Waals surface area contributed by atoms with Crippen molar-refractivity contribution in [2.24, 2.45) is 21.8 Å². The molecule has 1 saturated carbocycles. The molecule has 1 heterocycles. The molecule has 0 aromatic rings. The number of rotatable bonds is 2. The van der Waals surface area contributed by atoms with Gasteiger partial charge in [-0.25, -0.2) is 9.98 Å². The largest absolute Gasteiger partial charge is 0.477 e. The highest BCUT2D eigenvalue weighted by Crippen LogP contribution is 2.37. The number of nitrogens with zero attached hydrogens (tertiary/aromatic N) is 3. The molecule has 1 aliphatic heterocycles. The average Bonchev–Trinajstić information content (AvgIpc) is 2.44. The van der Waals surface area contributed by atoms with Crippen molar-refractivity contribution >= 4 is 11.8 Å². The highest BCUT2D eigenvalue weighted by Gasteiger charge is 2.49. The summed E-state index contributed by atoms with van der Waals surface area (Å²) in [6, 6.07) is -1.39. The molecule has 0 radical (unpaired) electrons. The minimum absolute atomic E-state index is 0.162. The van der Waals surface area contributed by atoms with Crippen molar-refractivity contribution in [2.45, 2.75) is 31.5 Å². The van der Waals surface area contributed by atoms with Crippen LogP contribution in [0.3, 0.4) is 0 Å². The Balaban J connectivity index is 2.34. The monoisotopic (exact) mass is 285 g/mol. The minimum Gasteiger partial charge on any atom is -0.477 e. The number of ether oxygens (including phenoxy) is 2. The van der Waals surface area contributed by atoms with Crippen molar-refractivity contribution in [1.29, 1.82) is 0 Å². The van der Waals surface area contributed by atoms with E-state index in [9.17, 15) is 15.2 Å². The van der Waals surface area contributed by atoms with Crippen LogP contribution in [-0.2, 0) is 9.47 Å². The first-order valence-corrected chi connectivity index (χ1v) is 6.51. The number of aliphatic imine (C=N–C) groups is 2. The maximum atomic E-state index is 11.2. The van der Waals surface area contributed by atoms with Gasteiger partial charge >= 0.3 is 0 Å². The second kappa shape index (κ2) is 5.74. The van der Waals surface area contributed by atoms with E-state index in [-0.39, 0.29) is 47.2 Å². The topological polar surface area (TPSA) is 107 Å². The Morgan fingerprint density at radius 1 is 1.35 bits per heavy atom. The van der Waals surface area contributed by atoms with Crippen LogP contribution in [0.5, 0.6) is 0 Å². The molecule has 1 N–H and O–H groups in total. The van der Waals surface area contributed by atoms with Gasteiger partial charge in [-0.15, -0.1) is 0 Å². The molecular formula is C12H19N3O5. The fraction of sp³-hybridized carbons (Fsp3) is 0.833. The van der Waals surface area contributed by atoms with Gasteiger partial charge in [0.1, 0.15) is 0 Å². The summed E-state index contributed by atoms with van der Waals surface area (Å²) in [6.07, 6.45) is 0.294. The summed E-state index contributed by atoms with van der Waals surface area (Å²) in [6.45, 7) is 1.62. The van der Waals surface area contributed by atoms with E-state index in [1.807, 2.05) is 0 Å². The molecule has 20 heavy (non-hydrogen) atoms. The lowest BCUT2D eigenvalue weighted by atomic mass is 9.71. The van der Waals surface area contributed by atoms with E-state index in [1.54, 1.807) is 6.92 Å². The molecule has 0 aromatic carbocycles. The first-order chi connectivity index (χ1) is 9.53. The van der Waals surface area contributed by atoms with Gasteiger partial charge in [0.05, 0.1) is 26.3 Å². The van der Waals surface area contributed by atoms with Crippen LogP contribution in [0.2, 0.25) is 0 Å². The zero-order chi connectivity index (χ0) is 14.9. The number of aliphatic hydroxyl groups excluding tert-OH is 1. The molecule has 0 aromatic heterocycles. The van der Waals surface area contributed by atoms with Crippen molar-refractivity contribution in [3.8, 4) is 0 Å². The van der Waals surface area contributed by atoms with Crippen LogP contribution in [0, 0.1) is 22.0 Å². The molecule has 0 spiro atoms. The molecule has 1 fully saturated rings. The fourth-order valence-corrected chi connectivity index (χ4v) is 3.02. The van der Waals surface area contributed by atoms with Crippen LogP contribution >= 0.6 is 0 Å². The average molecular weight is 285 g/mol. The Morgan fingerprint density at radius 2 is 1.95 bits per heavy atom. The smallest absolute Gasteiger partial charge is 0.273 e. The normalized spacial score (nSPS) is 36.5. The van der Waals surface area contributed by atoms with E-state index in [0.29, 0.717) is 6.42 Å². The molecule has 8 nitrogen and oxygen atoms in total. The summed E-state index contributed by atoms with van der Waals surface area (Å²) in [5, 5.41) is 20.7. The Morgan fingerprint density at radius 3 is 2.45 bits per heavy atom. The van der Waals surface area contributed by atoms with E-state index in [4.69, 9.17) is 9.47 Å². The summed E-state index contributed by atoms with van der Waals surface area (Å²) >= 11 is 0. The SMILES string of the molecule is COC1=NC2CC([N+](=O)[O-])C(C)C(CO)C2N=C1OC. The predicted octanol–water partition coefficient (Wildman–Crippen LogP) is 0.121. The van der Waals surface area contributed by atoms with Crippen LogP contribution < -0.4 is 0 Å². The van der Waals surface area contributed by atoms with Gasteiger partial charge < -0.3 is 14.6 Å². The summed E-state index contributed by atoms with van der Waals surface area (Å²) < 4.78 is 10.2. The second-order valence-corrected chi connectivity index (χ2v) is 5.13. The van der Waals surface area contributed by atoms with E-state index in [0.717, 1.165) is 0 Å². The van der Waals surface area contributed by atoms with E-state index in [1.165, 1.54) is 14.2 Å². The highest BCUT2D eigenvalue weighted by molar-refractivity contribution is 6.35. The van der Waals surface area contributed by atoms with Gasteiger partial charge in [-0.3, -0.25) is 10.1 Å². The molecule has 1 aliphatic carbocycles. The van der Waals surface area contributed by atoms with Crippen molar-refractivity contribution in [1.82, 2.24) is 0 Å². The van der Waals surface area contributed by atoms with Crippen LogP contribution in [0.25, 0.3) is 0 Å². The number of nitro groups is 1. The Bertz CT molecular complexity index is 450. The summed E-state index contributed by atoms with van der Waals surface area (Å²) in [5.41, 5.74) is 0. The number of fused-ring (bicyclic) bond motifs is 1. The zero-order valence-corrected chi connectivity index (χ0v) is 11.7. The Hall–Kier alpha value is -1.70. The van der Waals surface area contributed by atoms with Crippen LogP contribution in [-0.4, -0.2) is 60.8 Å². The molecule has 2 rings (SSSR count). The number of hydrogen-bond donors (Lipinski definition) is 1. The van der Waals surface area contributed by atoms with Crippen LogP contribution in [0.1, 0.15) is 13.3 Å². The second-order valence-electron chi connectivity index (χ2n) is 5.13. The number of methoxy groups -OCH3 is 2. The van der Waals surface area contributed by atoms with E-state index >= 15 is 0 Å². The third-order valence-corrected chi connectivity index (χ3v) is 4.20. The van der Waals surface area contributed by atoms with Crippen molar-refractivity contribution in [3.63, 3.8) is 0 Å². The van der Waals surface area contributed by atoms with E-state index in [2.05, 4.69) is 9.98 Å². The maximum absolute atomic E-state index is 11.2. The summed E-state index contributed by atoms with van der Waals surface area (Å²) in [5.74, 6) is -0.0464. The lowest BCUT2D eigenvalue weighted by Gasteiger charge is -2.40. The predicted molar refractivity (Wildman–Crippen MR) is 71.6 cm³/mol. The molecule has 5 atom stereocenters. The highest BCUT2D eigenvalue weighted by atomic mass is 16.6. The first-order valence-electron chi connectivity index (χ1n) is 6.51. The summed E-state index contributed by atoms with van der Waals surface area (Å²) in [4.78, 5) is 19.7. The molecule has 0 bridgehead atoms. The van der Waals surface area contributed by atoms with Crippen molar-refractivity contribution in [3.05, 3.63) is 10.1 Å². The van der Waals surface area contributed by atoms with Gasteiger partial charge in [0.15, 0.2) is 0 Å². The minimum atomic E-state index is -0.727. The standard InChI is InChI=1S/C12H19N3O5/c1-6-7(5-16)10-8(4-9(6)15(17)18)13-11(19-2)12(14-10)20-3/h6-10,16H,4-5H2,1-3H3. The Labute approximate surface area is 116 Å². The molecule has 112 valence electrons. The van der Waals surface area contributed by atoms with Crippen LogP contribution in [0.4, 0.5) is 0 Å². The lowest BCUT2D eigenvalue weighted by molar-refractivity contribution is -0.538. The van der Waals surface area contributed by atoms with E-state index < -0.39 is 6.04 Å². The number of aliphatic hydroxyl groups is 1. The third kappa shape index (κ3) is 2.35. The quantitative estimate of drug-likeness (QED) is 0.573. The van der Waals surface area contributed by atoms with Crippen molar-refractivity contribution in [2.75, 3.05) is 20.8 Å². The van der Waals surface area contributed by atoms with Gasteiger partial charge in [0.2, 0.25) is 6.04 Å². The van der Waals surface area contributed by atoms with Gasteiger partial charge in [-0.1, -0.05) is 6.92 Å². The third-order valence-electron chi connectivity index (χ3n) is 4.20. The zero-order valence-electron chi connectivity index (χ0n) is 11.7. The lowest BCUT2D eigenvalue weighted by Crippen LogP contribution is -2.53. The first kappa shape index (κ1) is 14.7. The summed E-state index contributed by atoms with van der Waals surface area (Å²) in [7, 11) is 2.92. The van der Waals surface area contributed by atoms with Gasteiger partial charge in [-0.2, -0.15) is 0 Å². The van der Waals surface area contributed by atoms with Gasteiger partial charge in [-0.05, 0) is 0 Å². The molecule has 0 saturated heterocycles. The molecule has 0 amide bonds. The molecule has 5 unspecified atom stereocenters. The Kier molecular flexibility index (Phi) is 4.22. The van der Waals surface area contributed by atoms with Gasteiger partial charge in [0.25, 0.3) is 11.8 Å². The molecule has 2 aliphatic rings. The fourth-order valence-electron chi connectivity index (χ4n) is 3.02. The van der Waals surface area contributed by atoms with Crippen molar-refractivity contribution < 1.29 is 19.5 Å². The molecular weight excluding hydrogens is 266 g/mol. The van der Waals surface area contributed by atoms with Crippen LogP contribution in [0.15, 0.2) is 9.98 Å². The molecule has 8 heteroatoms. The maximum Gasteiger partial charge on any atom is 0.273 e. The number of hydrogen-bond acceptors (Lipinski definition) is 7.